The monoisotopic (exact) mass is 236 g/mol. The third kappa shape index (κ3) is 5.18. The molecular formula is C14H24N2O. The molecule has 0 spiro atoms. The van der Waals surface area contributed by atoms with E-state index in [0.29, 0.717) is 0 Å². The van der Waals surface area contributed by atoms with Crippen molar-refractivity contribution in [2.75, 3.05) is 25.6 Å². The molecule has 96 valence electrons. The molecule has 3 nitrogen and oxygen atoms in total. The van der Waals surface area contributed by atoms with Gasteiger partial charge in [0.1, 0.15) is 5.82 Å². The highest BCUT2D eigenvalue weighted by Gasteiger charge is 2.13. The zero-order valence-corrected chi connectivity index (χ0v) is 11.4. The van der Waals surface area contributed by atoms with Gasteiger partial charge in [0.25, 0.3) is 0 Å². The molecule has 0 radical (unpaired) electrons. The van der Waals surface area contributed by atoms with Crippen LogP contribution in [0.4, 0.5) is 5.82 Å². The Morgan fingerprint density at radius 2 is 2.00 bits per heavy atom. The number of unbranched alkanes of at least 4 members (excludes halogenated alkanes) is 1. The molecule has 1 N–H and O–H groups in total. The molecule has 0 aliphatic carbocycles. The SMILES string of the molecule is COCCCCNc1ccc(C(C)(C)C)cn1. The van der Waals surface area contributed by atoms with Crippen LogP contribution in [0.5, 0.6) is 0 Å². The van der Waals surface area contributed by atoms with E-state index in [1.165, 1.54) is 5.56 Å². The number of hydrogen-bond donors (Lipinski definition) is 1. The highest BCUT2D eigenvalue weighted by atomic mass is 16.5. The maximum absolute atomic E-state index is 5.00. The Labute approximate surface area is 105 Å². The molecule has 0 fully saturated rings. The largest absolute Gasteiger partial charge is 0.385 e. The summed E-state index contributed by atoms with van der Waals surface area (Å²) in [6.07, 6.45) is 4.15. The quantitative estimate of drug-likeness (QED) is 0.770. The lowest BCUT2D eigenvalue weighted by molar-refractivity contribution is 0.194. The number of anilines is 1. The molecule has 0 unspecified atom stereocenters. The minimum absolute atomic E-state index is 0.171. The number of nitrogens with one attached hydrogen (secondary N) is 1. The van der Waals surface area contributed by atoms with E-state index in [-0.39, 0.29) is 5.41 Å². The molecule has 0 saturated carbocycles. The molecule has 0 aliphatic rings. The van der Waals surface area contributed by atoms with Crippen molar-refractivity contribution >= 4 is 5.82 Å². The van der Waals surface area contributed by atoms with Crippen molar-refractivity contribution < 1.29 is 4.74 Å². The summed E-state index contributed by atoms with van der Waals surface area (Å²) in [5, 5.41) is 3.32. The van der Waals surface area contributed by atoms with Crippen molar-refractivity contribution in [1.82, 2.24) is 4.98 Å². The van der Waals surface area contributed by atoms with Gasteiger partial charge < -0.3 is 10.1 Å². The summed E-state index contributed by atoms with van der Waals surface area (Å²) in [6, 6.07) is 4.20. The zero-order chi connectivity index (χ0) is 12.7. The number of aromatic nitrogens is 1. The summed E-state index contributed by atoms with van der Waals surface area (Å²) in [4.78, 5) is 4.42. The van der Waals surface area contributed by atoms with Crippen LogP contribution in [0.2, 0.25) is 0 Å². The maximum Gasteiger partial charge on any atom is 0.125 e. The zero-order valence-electron chi connectivity index (χ0n) is 11.4. The topological polar surface area (TPSA) is 34.1 Å². The molecule has 1 heterocycles. The Balaban J connectivity index is 2.36. The average molecular weight is 236 g/mol. The third-order valence-electron chi connectivity index (χ3n) is 2.71. The molecule has 1 rings (SSSR count). The van der Waals surface area contributed by atoms with E-state index >= 15 is 0 Å². The Bertz CT molecular complexity index is 314. The van der Waals surface area contributed by atoms with E-state index in [0.717, 1.165) is 31.8 Å². The van der Waals surface area contributed by atoms with E-state index < -0.39 is 0 Å². The number of nitrogens with zero attached hydrogens (tertiary/aromatic N) is 1. The summed E-state index contributed by atoms with van der Waals surface area (Å²) in [5.74, 6) is 0.954. The predicted octanol–water partition coefficient (Wildman–Crippen LogP) is 3.22. The van der Waals surface area contributed by atoms with Gasteiger partial charge in [-0.05, 0) is 29.9 Å². The molecule has 0 amide bonds. The molecule has 17 heavy (non-hydrogen) atoms. The smallest absolute Gasteiger partial charge is 0.125 e. The van der Waals surface area contributed by atoms with Crippen LogP contribution in [-0.2, 0) is 10.2 Å². The molecule has 0 aromatic carbocycles. The first-order valence-electron chi connectivity index (χ1n) is 6.23. The van der Waals surface area contributed by atoms with Gasteiger partial charge in [-0.15, -0.1) is 0 Å². The van der Waals surface area contributed by atoms with E-state index in [9.17, 15) is 0 Å². The van der Waals surface area contributed by atoms with Gasteiger partial charge >= 0.3 is 0 Å². The first-order chi connectivity index (χ1) is 8.04. The summed E-state index contributed by atoms with van der Waals surface area (Å²) in [5.41, 5.74) is 1.44. The minimum Gasteiger partial charge on any atom is -0.385 e. The summed E-state index contributed by atoms with van der Waals surface area (Å²) in [7, 11) is 1.74. The Morgan fingerprint density at radius 1 is 1.24 bits per heavy atom. The standard InChI is InChI=1S/C14H24N2O/c1-14(2,3)12-7-8-13(16-11-12)15-9-5-6-10-17-4/h7-8,11H,5-6,9-10H2,1-4H3,(H,15,16). The van der Waals surface area contributed by atoms with Crippen molar-refractivity contribution in [2.24, 2.45) is 0 Å². The van der Waals surface area contributed by atoms with Crippen molar-refractivity contribution in [2.45, 2.75) is 39.0 Å². The van der Waals surface area contributed by atoms with Gasteiger partial charge in [-0.2, -0.15) is 0 Å². The predicted molar refractivity (Wildman–Crippen MR) is 72.5 cm³/mol. The fourth-order valence-electron chi connectivity index (χ4n) is 1.53. The van der Waals surface area contributed by atoms with Crippen LogP contribution in [0.1, 0.15) is 39.2 Å². The van der Waals surface area contributed by atoms with Gasteiger partial charge in [-0.3, -0.25) is 0 Å². The van der Waals surface area contributed by atoms with E-state index in [1.54, 1.807) is 7.11 Å². The summed E-state index contributed by atoms with van der Waals surface area (Å²) >= 11 is 0. The number of rotatable bonds is 6. The van der Waals surface area contributed by atoms with Crippen LogP contribution in [0.25, 0.3) is 0 Å². The second kappa shape index (κ2) is 6.60. The molecule has 0 atom stereocenters. The van der Waals surface area contributed by atoms with Crippen LogP contribution >= 0.6 is 0 Å². The number of hydrogen-bond acceptors (Lipinski definition) is 3. The lowest BCUT2D eigenvalue weighted by atomic mass is 9.88. The van der Waals surface area contributed by atoms with E-state index in [4.69, 9.17) is 4.74 Å². The van der Waals surface area contributed by atoms with Crippen molar-refractivity contribution in [3.8, 4) is 0 Å². The van der Waals surface area contributed by atoms with Gasteiger partial charge in [0.15, 0.2) is 0 Å². The minimum atomic E-state index is 0.171. The lowest BCUT2D eigenvalue weighted by Crippen LogP contribution is -2.12. The van der Waals surface area contributed by atoms with Crippen molar-refractivity contribution in [3.63, 3.8) is 0 Å². The fraction of sp³-hybridized carbons (Fsp3) is 0.643. The molecule has 0 bridgehead atoms. The van der Waals surface area contributed by atoms with Crippen LogP contribution in [0.3, 0.4) is 0 Å². The Hall–Kier alpha value is -1.09. The average Bonchev–Trinajstić information content (AvgIpc) is 2.28. The highest BCUT2D eigenvalue weighted by Crippen LogP contribution is 2.21. The highest BCUT2D eigenvalue weighted by molar-refractivity contribution is 5.36. The van der Waals surface area contributed by atoms with Crippen molar-refractivity contribution in [1.29, 1.82) is 0 Å². The fourth-order valence-corrected chi connectivity index (χ4v) is 1.53. The van der Waals surface area contributed by atoms with Crippen LogP contribution in [0, 0.1) is 0 Å². The number of ether oxygens (including phenoxy) is 1. The van der Waals surface area contributed by atoms with Crippen molar-refractivity contribution in [3.05, 3.63) is 23.9 Å². The van der Waals surface area contributed by atoms with Gasteiger partial charge in [-0.25, -0.2) is 4.98 Å². The normalized spacial score (nSPS) is 11.5. The van der Waals surface area contributed by atoms with Crippen LogP contribution in [0.15, 0.2) is 18.3 Å². The van der Waals surface area contributed by atoms with Gasteiger partial charge in [-0.1, -0.05) is 26.8 Å². The molecular weight excluding hydrogens is 212 g/mol. The van der Waals surface area contributed by atoms with Crippen LogP contribution in [-0.4, -0.2) is 25.2 Å². The molecule has 1 aromatic rings. The second-order valence-corrected chi connectivity index (χ2v) is 5.31. The van der Waals surface area contributed by atoms with Gasteiger partial charge in [0, 0.05) is 26.5 Å². The van der Waals surface area contributed by atoms with Gasteiger partial charge in [0.05, 0.1) is 0 Å². The third-order valence-corrected chi connectivity index (χ3v) is 2.71. The van der Waals surface area contributed by atoms with E-state index in [1.807, 2.05) is 6.20 Å². The first kappa shape index (κ1) is 14.0. The Morgan fingerprint density at radius 3 is 2.53 bits per heavy atom. The second-order valence-electron chi connectivity index (χ2n) is 5.31. The van der Waals surface area contributed by atoms with E-state index in [2.05, 4.69) is 43.2 Å². The Kier molecular flexibility index (Phi) is 5.42. The number of methoxy groups -OCH3 is 1. The maximum atomic E-state index is 5.00. The summed E-state index contributed by atoms with van der Waals surface area (Å²) in [6.45, 7) is 8.37. The molecule has 1 aromatic heterocycles. The molecule has 0 aliphatic heterocycles. The first-order valence-corrected chi connectivity index (χ1v) is 6.23. The number of pyridine rings is 1. The molecule has 3 heteroatoms. The molecule has 0 saturated heterocycles. The summed E-state index contributed by atoms with van der Waals surface area (Å²) < 4.78 is 5.00. The van der Waals surface area contributed by atoms with Gasteiger partial charge in [0.2, 0.25) is 0 Å². The lowest BCUT2D eigenvalue weighted by Gasteiger charge is -2.18. The van der Waals surface area contributed by atoms with Crippen LogP contribution < -0.4 is 5.32 Å².